The first kappa shape index (κ1) is 16.7. The summed E-state index contributed by atoms with van der Waals surface area (Å²) in [5, 5.41) is 5.32. The zero-order valence-corrected chi connectivity index (χ0v) is 16.4. The molecule has 0 radical (unpaired) electrons. The zero-order chi connectivity index (χ0) is 14.9. The van der Waals surface area contributed by atoms with Crippen LogP contribution in [0.2, 0.25) is 0 Å². The van der Waals surface area contributed by atoms with Gasteiger partial charge in [-0.2, -0.15) is 12.1 Å². The Hall–Kier alpha value is -0.692. The number of halogens is 2. The topological polar surface area (TPSA) is 0 Å². The molecule has 4 rings (SSSR count). The van der Waals surface area contributed by atoms with Crippen molar-refractivity contribution in [1.29, 1.82) is 0 Å². The van der Waals surface area contributed by atoms with E-state index in [1.54, 1.807) is 0 Å². The van der Waals surface area contributed by atoms with Gasteiger partial charge in [-0.05, 0) is 0 Å². The van der Waals surface area contributed by atoms with Crippen LogP contribution in [0, 0.1) is 0 Å². The molecule has 0 aliphatic heterocycles. The van der Waals surface area contributed by atoms with Gasteiger partial charge in [0.1, 0.15) is 0 Å². The molecule has 0 atom stereocenters. The molecule has 0 spiro atoms. The van der Waals surface area contributed by atoms with Gasteiger partial charge in [0.15, 0.2) is 0 Å². The minimum atomic E-state index is 0.0950. The van der Waals surface area contributed by atoms with E-state index in [1.807, 2.05) is 0 Å². The summed E-state index contributed by atoms with van der Waals surface area (Å²) < 4.78 is 0. The summed E-state index contributed by atoms with van der Waals surface area (Å²) in [6.45, 7) is 0. The summed E-state index contributed by atoms with van der Waals surface area (Å²) in [5.74, 6) is 0. The first-order valence-corrected chi connectivity index (χ1v) is 15.6. The molecule has 0 aliphatic rings. The van der Waals surface area contributed by atoms with Crippen molar-refractivity contribution in [2.45, 2.75) is 0 Å². The SMILES string of the molecule is [Br][Mo][Br].c1cc[c-]2[cH-][cH-][cH-][c-]2c1.c1cc[c-]2cccc2c1. The van der Waals surface area contributed by atoms with Crippen molar-refractivity contribution in [1.82, 2.24) is 0 Å². The average molecular weight is 486 g/mol. The standard InChI is InChI=1S/2C9H7.2BrH.Mo/c2*1-2-5-9-7-3-6-8(9)4-1;;;/h2*1-7H;2*1H;/q-5;-1;;;+2/p-2. The molecule has 4 aromatic rings. The molecule has 0 saturated carbocycles. The molecule has 0 nitrogen and oxygen atoms in total. The molecule has 0 heterocycles. The van der Waals surface area contributed by atoms with Crippen molar-refractivity contribution in [3.05, 3.63) is 84.9 Å². The van der Waals surface area contributed by atoms with E-state index in [0.717, 1.165) is 0 Å². The number of rotatable bonds is 0. The van der Waals surface area contributed by atoms with Crippen molar-refractivity contribution in [3.8, 4) is 0 Å². The van der Waals surface area contributed by atoms with Gasteiger partial charge in [-0.25, -0.2) is 0 Å². The fourth-order valence-electron chi connectivity index (χ4n) is 2.14. The Morgan fingerprint density at radius 1 is 0.762 bits per heavy atom. The van der Waals surface area contributed by atoms with Crippen LogP contribution in [0.5, 0.6) is 0 Å². The Balaban J connectivity index is 0.000000130. The van der Waals surface area contributed by atoms with Gasteiger partial charge in [-0.3, -0.25) is 0 Å². The van der Waals surface area contributed by atoms with Crippen LogP contribution >= 0.6 is 26.6 Å². The van der Waals surface area contributed by atoms with Crippen molar-refractivity contribution in [2.24, 2.45) is 0 Å². The monoisotopic (exact) mass is 486 g/mol. The second-order valence-electron chi connectivity index (χ2n) is 4.37. The molecule has 0 fully saturated rings. The van der Waals surface area contributed by atoms with E-state index in [4.69, 9.17) is 0 Å². The van der Waals surface area contributed by atoms with Gasteiger partial charge in [0.25, 0.3) is 0 Å². The van der Waals surface area contributed by atoms with Crippen molar-refractivity contribution in [3.63, 3.8) is 0 Å². The average Bonchev–Trinajstić information content (AvgIpc) is 3.17. The molecular weight excluding hydrogens is 472 g/mol. The minimum absolute atomic E-state index is 0.0950. The Bertz CT molecular complexity index is 644. The van der Waals surface area contributed by atoms with Crippen LogP contribution in [0.3, 0.4) is 0 Å². The van der Waals surface area contributed by atoms with E-state index in [-0.39, 0.29) is 14.5 Å². The third-order valence-electron chi connectivity index (χ3n) is 3.10. The third-order valence-corrected chi connectivity index (χ3v) is 3.10. The minimum Gasteiger partial charge on any atom is -0.642 e. The summed E-state index contributed by atoms with van der Waals surface area (Å²) >= 11 is 6.48. The zero-order valence-electron chi connectivity index (χ0n) is 11.2. The van der Waals surface area contributed by atoms with Gasteiger partial charge in [-0.1, -0.05) is 5.39 Å². The van der Waals surface area contributed by atoms with E-state index in [2.05, 4.69) is 112 Å². The Kier molecular flexibility index (Phi) is 7.43. The number of hydrogen-bond donors (Lipinski definition) is 0. The number of hydrogen-bond acceptors (Lipinski definition) is 0. The van der Waals surface area contributed by atoms with Crippen LogP contribution in [-0.4, -0.2) is 0 Å². The molecule has 0 bridgehead atoms. The first-order chi connectivity index (χ1) is 10.3. The fourth-order valence-corrected chi connectivity index (χ4v) is 2.14. The fraction of sp³-hybridized carbons (Fsp3) is 0. The van der Waals surface area contributed by atoms with Gasteiger partial charge in [0.2, 0.25) is 0 Å². The molecule has 0 amide bonds. The summed E-state index contributed by atoms with van der Waals surface area (Å²) in [5.41, 5.74) is 0. The summed E-state index contributed by atoms with van der Waals surface area (Å²) in [7, 11) is 0. The van der Waals surface area contributed by atoms with Crippen LogP contribution in [0.25, 0.3) is 21.5 Å². The number of benzene rings is 2. The molecule has 0 aliphatic carbocycles. The largest absolute Gasteiger partial charge is 0.642 e. The van der Waals surface area contributed by atoms with Crippen molar-refractivity contribution in [2.75, 3.05) is 0 Å². The molecule has 0 saturated heterocycles. The molecule has 21 heavy (non-hydrogen) atoms. The van der Waals surface area contributed by atoms with Gasteiger partial charge in [0, 0.05) is 0 Å². The smallest absolute Gasteiger partial charge is 0.0988 e. The van der Waals surface area contributed by atoms with E-state index in [0.29, 0.717) is 0 Å². The van der Waals surface area contributed by atoms with Crippen LogP contribution in [-0.2, 0) is 14.5 Å². The predicted molar refractivity (Wildman–Crippen MR) is 96.9 cm³/mol. The maximum absolute atomic E-state index is 3.19. The Morgan fingerprint density at radius 3 is 1.90 bits per heavy atom. The van der Waals surface area contributed by atoms with Crippen molar-refractivity contribution < 1.29 is 14.5 Å². The van der Waals surface area contributed by atoms with E-state index in [1.165, 1.54) is 21.5 Å². The maximum Gasteiger partial charge on any atom is -0.0988 e. The normalized spacial score (nSPS) is 9.62. The molecule has 0 unspecified atom stereocenters. The molecule has 4 aromatic carbocycles. The summed E-state index contributed by atoms with van der Waals surface area (Å²) in [4.78, 5) is 0. The van der Waals surface area contributed by atoms with E-state index < -0.39 is 0 Å². The Labute approximate surface area is 146 Å². The van der Waals surface area contributed by atoms with E-state index >= 15 is 0 Å². The predicted octanol–water partition coefficient (Wildman–Crippen LogP) is 6.81. The van der Waals surface area contributed by atoms with Crippen LogP contribution < -0.4 is 0 Å². The van der Waals surface area contributed by atoms with E-state index in [9.17, 15) is 0 Å². The second-order valence-corrected chi connectivity index (χ2v) is 13.6. The quantitative estimate of drug-likeness (QED) is 0.190. The molecule has 0 aromatic heterocycles. The molecule has 0 N–H and O–H groups in total. The van der Waals surface area contributed by atoms with Crippen molar-refractivity contribution >= 4 is 48.1 Å². The van der Waals surface area contributed by atoms with Gasteiger partial charge in [-0.15, -0.1) is 35.7 Å². The van der Waals surface area contributed by atoms with Gasteiger partial charge >= 0.3 is 41.0 Å². The maximum atomic E-state index is 3.19. The van der Waals surface area contributed by atoms with Crippen LogP contribution in [0.15, 0.2) is 84.9 Å². The summed E-state index contributed by atoms with van der Waals surface area (Å²) in [6.07, 6.45) is 0. The molecule has 3 heteroatoms. The molecular formula is C18H14Br2Mo-6. The number of fused-ring (bicyclic) bond motifs is 2. The van der Waals surface area contributed by atoms with Crippen LogP contribution in [0.4, 0.5) is 0 Å². The molecule has 112 valence electrons. The third kappa shape index (κ3) is 5.21. The first-order valence-electron chi connectivity index (χ1n) is 6.45. The Morgan fingerprint density at radius 2 is 1.29 bits per heavy atom. The van der Waals surface area contributed by atoms with Gasteiger partial charge in [0.05, 0.1) is 0 Å². The van der Waals surface area contributed by atoms with Crippen LogP contribution in [0.1, 0.15) is 0 Å². The summed E-state index contributed by atoms with van der Waals surface area (Å²) in [6, 6.07) is 29.3. The van der Waals surface area contributed by atoms with Gasteiger partial charge < -0.3 is 53.2 Å². The second kappa shape index (κ2) is 9.35.